The van der Waals surface area contributed by atoms with Gasteiger partial charge in [0, 0.05) is 18.7 Å². The third-order valence-corrected chi connectivity index (χ3v) is 4.23. The number of benzene rings is 1. The molecule has 0 saturated heterocycles. The number of rotatable bonds is 6. The minimum atomic E-state index is 0.154. The van der Waals surface area contributed by atoms with Crippen molar-refractivity contribution in [1.82, 2.24) is 15.1 Å². The molecule has 0 radical (unpaired) electrons. The van der Waals surface area contributed by atoms with Crippen LogP contribution in [-0.4, -0.2) is 22.2 Å². The average Bonchev–Trinajstić information content (AvgIpc) is 3.04. The van der Waals surface area contributed by atoms with E-state index in [0.29, 0.717) is 6.54 Å². The van der Waals surface area contributed by atoms with Gasteiger partial charge in [0.05, 0.1) is 12.7 Å². The molecule has 1 heterocycles. The number of carbonyl (C=O) groups excluding carboxylic acids is 1. The molecule has 1 N–H and O–H groups in total. The molecule has 0 saturated carbocycles. The maximum atomic E-state index is 12.1. The molecule has 1 aromatic heterocycles. The van der Waals surface area contributed by atoms with Crippen LogP contribution < -0.4 is 5.32 Å². The topological polar surface area (TPSA) is 46.9 Å². The van der Waals surface area contributed by atoms with Gasteiger partial charge in [-0.25, -0.2) is 0 Å². The van der Waals surface area contributed by atoms with Crippen LogP contribution in [0, 0.1) is 5.92 Å². The number of nitrogens with zero attached hydrogens (tertiary/aromatic N) is 2. The Morgan fingerprint density at radius 3 is 2.87 bits per heavy atom. The SMILES string of the molecule is O=C(NCCc1cnn(Cc2ccccc2)c1)C1CC=CCC1. The molecule has 3 rings (SSSR count). The fourth-order valence-electron chi connectivity index (χ4n) is 2.90. The first-order valence-corrected chi connectivity index (χ1v) is 8.29. The lowest BCUT2D eigenvalue weighted by Crippen LogP contribution is -2.32. The number of carbonyl (C=O) groups is 1. The Bertz CT molecular complexity index is 660. The van der Waals surface area contributed by atoms with Gasteiger partial charge >= 0.3 is 0 Å². The van der Waals surface area contributed by atoms with E-state index in [0.717, 1.165) is 37.8 Å². The largest absolute Gasteiger partial charge is 0.356 e. The lowest BCUT2D eigenvalue weighted by molar-refractivity contribution is -0.125. The van der Waals surface area contributed by atoms with Crippen molar-refractivity contribution in [3.8, 4) is 0 Å². The van der Waals surface area contributed by atoms with Gasteiger partial charge in [0.15, 0.2) is 0 Å². The highest BCUT2D eigenvalue weighted by atomic mass is 16.1. The second-order valence-corrected chi connectivity index (χ2v) is 6.05. The molecule has 1 aliphatic carbocycles. The van der Waals surface area contributed by atoms with E-state index < -0.39 is 0 Å². The fourth-order valence-corrected chi connectivity index (χ4v) is 2.90. The van der Waals surface area contributed by atoms with Crippen molar-refractivity contribution in [3.05, 3.63) is 66.0 Å². The van der Waals surface area contributed by atoms with Gasteiger partial charge in [-0.15, -0.1) is 0 Å². The molecule has 1 atom stereocenters. The van der Waals surface area contributed by atoms with Crippen LogP contribution in [-0.2, 0) is 17.8 Å². The first-order valence-electron chi connectivity index (χ1n) is 8.29. The summed E-state index contributed by atoms with van der Waals surface area (Å²) in [4.78, 5) is 12.1. The Hall–Kier alpha value is -2.36. The molecule has 1 amide bonds. The minimum absolute atomic E-state index is 0.154. The van der Waals surface area contributed by atoms with Crippen molar-refractivity contribution < 1.29 is 4.79 Å². The number of amides is 1. The first-order chi connectivity index (χ1) is 11.3. The van der Waals surface area contributed by atoms with Crippen LogP contribution in [0.15, 0.2) is 54.9 Å². The summed E-state index contributed by atoms with van der Waals surface area (Å²) >= 11 is 0. The van der Waals surface area contributed by atoms with Crippen LogP contribution in [0.4, 0.5) is 0 Å². The average molecular weight is 309 g/mol. The van der Waals surface area contributed by atoms with E-state index in [9.17, 15) is 4.79 Å². The third kappa shape index (κ3) is 4.55. The zero-order chi connectivity index (χ0) is 15.9. The maximum Gasteiger partial charge on any atom is 0.223 e. The predicted molar refractivity (Wildman–Crippen MR) is 91.0 cm³/mol. The van der Waals surface area contributed by atoms with Crippen LogP contribution in [0.5, 0.6) is 0 Å². The smallest absolute Gasteiger partial charge is 0.223 e. The van der Waals surface area contributed by atoms with Crippen molar-refractivity contribution in [2.24, 2.45) is 5.92 Å². The van der Waals surface area contributed by atoms with Gasteiger partial charge in [-0.05, 0) is 36.8 Å². The highest BCUT2D eigenvalue weighted by Gasteiger charge is 2.17. The van der Waals surface area contributed by atoms with E-state index in [1.807, 2.05) is 29.1 Å². The monoisotopic (exact) mass is 309 g/mol. The molecule has 4 nitrogen and oxygen atoms in total. The molecular formula is C19H23N3O. The maximum absolute atomic E-state index is 12.1. The number of nitrogens with one attached hydrogen (secondary N) is 1. The van der Waals surface area contributed by atoms with Gasteiger partial charge in [-0.2, -0.15) is 5.10 Å². The molecule has 0 bridgehead atoms. The predicted octanol–water partition coefficient (Wildman–Crippen LogP) is 2.95. The van der Waals surface area contributed by atoms with E-state index in [1.54, 1.807) is 0 Å². The van der Waals surface area contributed by atoms with Crippen LogP contribution in [0.25, 0.3) is 0 Å². The Morgan fingerprint density at radius 1 is 1.22 bits per heavy atom. The van der Waals surface area contributed by atoms with Crippen LogP contribution in [0.3, 0.4) is 0 Å². The summed E-state index contributed by atoms with van der Waals surface area (Å²) in [5, 5.41) is 7.44. The lowest BCUT2D eigenvalue weighted by atomic mass is 9.94. The van der Waals surface area contributed by atoms with Crippen LogP contribution in [0.1, 0.15) is 30.4 Å². The van der Waals surface area contributed by atoms with Gasteiger partial charge in [0.25, 0.3) is 0 Å². The van der Waals surface area contributed by atoms with Crippen molar-refractivity contribution in [2.45, 2.75) is 32.2 Å². The van der Waals surface area contributed by atoms with E-state index in [-0.39, 0.29) is 11.8 Å². The molecule has 4 heteroatoms. The summed E-state index contributed by atoms with van der Waals surface area (Å²) in [6.45, 7) is 1.46. The van der Waals surface area contributed by atoms with Crippen LogP contribution in [0.2, 0.25) is 0 Å². The summed E-state index contributed by atoms with van der Waals surface area (Å²) in [5.41, 5.74) is 2.39. The molecule has 2 aromatic rings. The molecular weight excluding hydrogens is 286 g/mol. The fraction of sp³-hybridized carbons (Fsp3) is 0.368. The summed E-state index contributed by atoms with van der Waals surface area (Å²) in [6, 6.07) is 10.3. The number of allylic oxidation sites excluding steroid dienone is 2. The van der Waals surface area contributed by atoms with Gasteiger partial charge in [-0.3, -0.25) is 9.48 Å². The third-order valence-electron chi connectivity index (χ3n) is 4.23. The lowest BCUT2D eigenvalue weighted by Gasteiger charge is -2.16. The highest BCUT2D eigenvalue weighted by molar-refractivity contribution is 5.78. The Labute approximate surface area is 137 Å². The molecule has 1 aromatic carbocycles. The van der Waals surface area contributed by atoms with Crippen molar-refractivity contribution >= 4 is 5.91 Å². The second kappa shape index (κ2) is 7.77. The summed E-state index contributed by atoms with van der Waals surface area (Å²) in [5.74, 6) is 0.340. The van der Waals surface area contributed by atoms with Gasteiger partial charge in [0.2, 0.25) is 5.91 Å². The van der Waals surface area contributed by atoms with E-state index in [2.05, 4.69) is 40.9 Å². The van der Waals surface area contributed by atoms with Crippen LogP contribution >= 0.6 is 0 Å². The standard InChI is InChI=1S/C19H23N3O/c23-19(18-9-5-2-6-10-18)20-12-11-17-13-21-22(15-17)14-16-7-3-1-4-8-16/h1-5,7-8,13,15,18H,6,9-12,14H2,(H,20,23). The Morgan fingerprint density at radius 2 is 2.09 bits per heavy atom. The molecule has 0 spiro atoms. The summed E-state index contributed by atoms with van der Waals surface area (Å²) < 4.78 is 1.94. The van der Waals surface area contributed by atoms with Gasteiger partial charge in [0.1, 0.15) is 0 Å². The highest BCUT2D eigenvalue weighted by Crippen LogP contribution is 2.17. The van der Waals surface area contributed by atoms with E-state index in [4.69, 9.17) is 0 Å². The summed E-state index contributed by atoms with van der Waals surface area (Å²) in [6.07, 6.45) is 11.9. The molecule has 1 unspecified atom stereocenters. The minimum Gasteiger partial charge on any atom is -0.356 e. The molecule has 120 valence electrons. The van der Waals surface area contributed by atoms with E-state index >= 15 is 0 Å². The quantitative estimate of drug-likeness (QED) is 0.834. The second-order valence-electron chi connectivity index (χ2n) is 6.05. The Balaban J connectivity index is 1.44. The van der Waals surface area contributed by atoms with Crippen molar-refractivity contribution in [2.75, 3.05) is 6.54 Å². The first kappa shape index (κ1) is 15.5. The van der Waals surface area contributed by atoms with Crippen molar-refractivity contribution in [3.63, 3.8) is 0 Å². The molecule has 0 aliphatic heterocycles. The zero-order valence-electron chi connectivity index (χ0n) is 13.3. The Kier molecular flexibility index (Phi) is 5.25. The van der Waals surface area contributed by atoms with Gasteiger partial charge in [-0.1, -0.05) is 42.5 Å². The number of hydrogen-bond acceptors (Lipinski definition) is 2. The zero-order valence-corrected chi connectivity index (χ0v) is 13.3. The van der Waals surface area contributed by atoms with Gasteiger partial charge < -0.3 is 5.32 Å². The molecule has 0 fully saturated rings. The number of aromatic nitrogens is 2. The number of hydrogen-bond donors (Lipinski definition) is 1. The van der Waals surface area contributed by atoms with E-state index in [1.165, 1.54) is 5.56 Å². The molecule has 1 aliphatic rings. The summed E-state index contributed by atoms with van der Waals surface area (Å²) in [7, 11) is 0. The molecule has 23 heavy (non-hydrogen) atoms. The van der Waals surface area contributed by atoms with Crippen molar-refractivity contribution in [1.29, 1.82) is 0 Å². The normalized spacial score (nSPS) is 17.1.